The lowest BCUT2D eigenvalue weighted by Crippen LogP contribution is -2.39. The van der Waals surface area contributed by atoms with E-state index in [1.54, 1.807) is 0 Å². The van der Waals surface area contributed by atoms with Gasteiger partial charge in [-0.3, -0.25) is 10.1 Å². The normalized spacial score (nSPS) is 18.4. The fourth-order valence-corrected chi connectivity index (χ4v) is 4.40. The Morgan fingerprint density at radius 2 is 1.67 bits per heavy atom. The third kappa shape index (κ3) is 5.02. The lowest BCUT2D eigenvalue weighted by atomic mass is 9.89. The summed E-state index contributed by atoms with van der Waals surface area (Å²) in [5.41, 5.74) is 6.22. The molecule has 0 aromatic heterocycles. The van der Waals surface area contributed by atoms with Crippen LogP contribution >= 0.6 is 0 Å². The van der Waals surface area contributed by atoms with Gasteiger partial charge in [-0.25, -0.2) is 0 Å². The van der Waals surface area contributed by atoms with Crippen LogP contribution in [0.2, 0.25) is 0 Å². The van der Waals surface area contributed by atoms with E-state index in [9.17, 15) is 4.79 Å². The molecule has 2 N–H and O–H groups in total. The molecule has 5 nitrogen and oxygen atoms in total. The minimum absolute atomic E-state index is 0.0149. The van der Waals surface area contributed by atoms with Crippen molar-refractivity contribution >= 4 is 17.3 Å². The molecular weight excluding hydrogens is 374 g/mol. The highest BCUT2D eigenvalue weighted by Crippen LogP contribution is 2.25. The van der Waals surface area contributed by atoms with E-state index in [1.165, 1.54) is 48.1 Å². The number of rotatable bonds is 6. The van der Waals surface area contributed by atoms with Crippen LogP contribution in [0.5, 0.6) is 0 Å². The average molecular weight is 408 g/mol. The van der Waals surface area contributed by atoms with E-state index in [4.69, 9.17) is 4.74 Å². The van der Waals surface area contributed by atoms with Crippen molar-refractivity contribution in [2.24, 2.45) is 0 Å². The molecule has 2 aromatic rings. The molecule has 0 radical (unpaired) electrons. The van der Waals surface area contributed by atoms with Crippen LogP contribution in [0.15, 0.2) is 42.5 Å². The molecule has 2 aliphatic rings. The number of aryl methyl sites for hydroxylation is 2. The van der Waals surface area contributed by atoms with Gasteiger partial charge in [0.05, 0.1) is 19.3 Å². The third-order valence-corrected chi connectivity index (χ3v) is 6.28. The van der Waals surface area contributed by atoms with Gasteiger partial charge >= 0.3 is 0 Å². The molecule has 2 atom stereocenters. The molecule has 0 saturated carbocycles. The molecule has 0 spiro atoms. The summed E-state index contributed by atoms with van der Waals surface area (Å²) in [5.74, 6) is -0.0149. The summed E-state index contributed by atoms with van der Waals surface area (Å²) in [6.07, 6.45) is 4.94. The summed E-state index contributed by atoms with van der Waals surface area (Å²) in [4.78, 5) is 15.0. The fourth-order valence-electron chi connectivity index (χ4n) is 4.40. The molecule has 5 heteroatoms. The molecule has 1 saturated heterocycles. The van der Waals surface area contributed by atoms with Gasteiger partial charge < -0.3 is 15.0 Å². The molecule has 2 aromatic carbocycles. The first-order valence-corrected chi connectivity index (χ1v) is 11.2. The van der Waals surface area contributed by atoms with Crippen LogP contribution < -0.4 is 15.5 Å². The van der Waals surface area contributed by atoms with E-state index >= 15 is 0 Å². The number of ether oxygens (including phenoxy) is 1. The SMILES string of the molecule is C[C@H](N[C@H](C)C(=O)Nc1ccc(N2CCOCC2)cc1)c1ccc2c(c1)CCCC2. The van der Waals surface area contributed by atoms with Crippen molar-refractivity contribution in [2.45, 2.75) is 51.6 Å². The maximum Gasteiger partial charge on any atom is 0.241 e. The highest BCUT2D eigenvalue weighted by Gasteiger charge is 2.18. The lowest BCUT2D eigenvalue weighted by Gasteiger charge is -2.29. The van der Waals surface area contributed by atoms with Crippen molar-refractivity contribution < 1.29 is 9.53 Å². The van der Waals surface area contributed by atoms with Crippen LogP contribution in [0.25, 0.3) is 0 Å². The number of anilines is 2. The fraction of sp³-hybridized carbons (Fsp3) is 0.480. The van der Waals surface area contributed by atoms with Crippen LogP contribution in [-0.2, 0) is 22.4 Å². The van der Waals surface area contributed by atoms with E-state index in [2.05, 4.69) is 52.8 Å². The van der Waals surface area contributed by atoms with Crippen molar-refractivity contribution in [3.05, 3.63) is 59.2 Å². The van der Waals surface area contributed by atoms with Gasteiger partial charge in [-0.15, -0.1) is 0 Å². The smallest absolute Gasteiger partial charge is 0.241 e. The molecule has 30 heavy (non-hydrogen) atoms. The van der Waals surface area contributed by atoms with Crippen molar-refractivity contribution in [3.8, 4) is 0 Å². The molecule has 4 rings (SSSR count). The first-order valence-electron chi connectivity index (χ1n) is 11.2. The van der Waals surface area contributed by atoms with Gasteiger partial charge in [-0.1, -0.05) is 18.2 Å². The van der Waals surface area contributed by atoms with E-state index < -0.39 is 0 Å². The lowest BCUT2D eigenvalue weighted by molar-refractivity contribution is -0.117. The Labute approximate surface area is 179 Å². The summed E-state index contributed by atoms with van der Waals surface area (Å²) < 4.78 is 5.41. The minimum Gasteiger partial charge on any atom is -0.378 e. The molecule has 160 valence electrons. The van der Waals surface area contributed by atoms with Crippen molar-refractivity contribution in [2.75, 3.05) is 36.5 Å². The average Bonchev–Trinajstić information content (AvgIpc) is 2.79. The van der Waals surface area contributed by atoms with Crippen molar-refractivity contribution in [1.29, 1.82) is 0 Å². The zero-order chi connectivity index (χ0) is 20.9. The monoisotopic (exact) mass is 407 g/mol. The molecule has 0 unspecified atom stereocenters. The Morgan fingerprint density at radius 1 is 0.967 bits per heavy atom. The topological polar surface area (TPSA) is 53.6 Å². The number of carbonyl (C=O) groups is 1. The van der Waals surface area contributed by atoms with Crippen LogP contribution in [0, 0.1) is 0 Å². The Bertz CT molecular complexity index is 859. The molecule has 1 amide bonds. The summed E-state index contributed by atoms with van der Waals surface area (Å²) in [5, 5.41) is 6.49. The van der Waals surface area contributed by atoms with Gasteiger partial charge in [0.15, 0.2) is 0 Å². The summed E-state index contributed by atoms with van der Waals surface area (Å²) >= 11 is 0. The third-order valence-electron chi connectivity index (χ3n) is 6.28. The van der Waals surface area contributed by atoms with E-state index in [-0.39, 0.29) is 18.0 Å². The summed E-state index contributed by atoms with van der Waals surface area (Å²) in [6.45, 7) is 7.41. The maximum atomic E-state index is 12.7. The van der Waals surface area contributed by atoms with Crippen molar-refractivity contribution in [1.82, 2.24) is 5.32 Å². The Morgan fingerprint density at radius 3 is 2.40 bits per heavy atom. The highest BCUT2D eigenvalue weighted by atomic mass is 16.5. The molecular formula is C25H33N3O2. The first-order chi connectivity index (χ1) is 14.6. The quantitative estimate of drug-likeness (QED) is 0.758. The molecule has 1 aliphatic carbocycles. The first kappa shape index (κ1) is 20.9. The van der Waals surface area contributed by atoms with E-state index in [0.717, 1.165) is 32.0 Å². The second-order valence-electron chi connectivity index (χ2n) is 8.48. The number of nitrogens with one attached hydrogen (secondary N) is 2. The van der Waals surface area contributed by atoms with Gasteiger partial charge in [0.1, 0.15) is 0 Å². The van der Waals surface area contributed by atoms with Crippen LogP contribution in [0.3, 0.4) is 0 Å². The Kier molecular flexibility index (Phi) is 6.70. The number of morpholine rings is 1. The second-order valence-corrected chi connectivity index (χ2v) is 8.48. The number of nitrogens with zero attached hydrogens (tertiary/aromatic N) is 1. The number of hydrogen-bond acceptors (Lipinski definition) is 4. The second kappa shape index (κ2) is 9.63. The number of hydrogen-bond donors (Lipinski definition) is 2. The van der Waals surface area contributed by atoms with Crippen LogP contribution in [-0.4, -0.2) is 38.3 Å². The highest BCUT2D eigenvalue weighted by molar-refractivity contribution is 5.94. The summed E-state index contributed by atoms with van der Waals surface area (Å²) in [6, 6.07) is 14.7. The molecule has 1 heterocycles. The predicted molar refractivity (Wildman–Crippen MR) is 122 cm³/mol. The number of amides is 1. The van der Waals surface area contributed by atoms with E-state index in [0.29, 0.717) is 0 Å². The van der Waals surface area contributed by atoms with Gasteiger partial charge in [-0.05, 0) is 80.5 Å². The maximum absolute atomic E-state index is 12.7. The minimum atomic E-state index is -0.282. The number of fused-ring (bicyclic) bond motifs is 1. The predicted octanol–water partition coefficient (Wildman–Crippen LogP) is 4.08. The Hall–Kier alpha value is -2.37. The van der Waals surface area contributed by atoms with Gasteiger partial charge in [-0.2, -0.15) is 0 Å². The van der Waals surface area contributed by atoms with Gasteiger partial charge in [0, 0.05) is 30.5 Å². The van der Waals surface area contributed by atoms with Crippen molar-refractivity contribution in [3.63, 3.8) is 0 Å². The van der Waals surface area contributed by atoms with E-state index in [1.807, 2.05) is 19.1 Å². The zero-order valence-corrected chi connectivity index (χ0v) is 18.1. The largest absolute Gasteiger partial charge is 0.378 e. The molecule has 1 aliphatic heterocycles. The Balaban J connectivity index is 1.32. The standard InChI is InChI=1S/C25H33N3O2/c1-18(21-8-7-20-5-3-4-6-22(20)17-21)26-19(2)25(29)27-23-9-11-24(12-10-23)28-13-15-30-16-14-28/h7-12,17-19,26H,3-6,13-16H2,1-2H3,(H,27,29)/t18-,19+/m0/s1. The van der Waals surface area contributed by atoms with Crippen LogP contribution in [0.4, 0.5) is 11.4 Å². The molecule has 1 fully saturated rings. The number of benzene rings is 2. The van der Waals surface area contributed by atoms with Gasteiger partial charge in [0.2, 0.25) is 5.91 Å². The molecule has 0 bridgehead atoms. The van der Waals surface area contributed by atoms with Crippen LogP contribution in [0.1, 0.15) is 49.4 Å². The van der Waals surface area contributed by atoms with Gasteiger partial charge in [0.25, 0.3) is 0 Å². The zero-order valence-electron chi connectivity index (χ0n) is 18.1. The number of carbonyl (C=O) groups excluding carboxylic acids is 1. The summed E-state index contributed by atoms with van der Waals surface area (Å²) in [7, 11) is 0.